The Morgan fingerprint density at radius 1 is 1.00 bits per heavy atom. The van der Waals surface area contributed by atoms with Crippen molar-refractivity contribution in [2.45, 2.75) is 79.6 Å². The largest absolute Gasteiger partial charge is 0.395 e. The molecule has 0 saturated heterocycles. The van der Waals surface area contributed by atoms with Gasteiger partial charge in [-0.3, -0.25) is 0 Å². The molecule has 18 heavy (non-hydrogen) atoms. The molecule has 0 aliphatic heterocycles. The van der Waals surface area contributed by atoms with Gasteiger partial charge < -0.3 is 5.11 Å². The van der Waals surface area contributed by atoms with Crippen LogP contribution in [0.15, 0.2) is 12.2 Å². The van der Waals surface area contributed by atoms with Gasteiger partial charge in [-0.2, -0.15) is 0 Å². The van der Waals surface area contributed by atoms with Crippen LogP contribution < -0.4 is 0 Å². The number of rotatable bonds is 9. The van der Waals surface area contributed by atoms with Crippen molar-refractivity contribution in [3.05, 3.63) is 12.2 Å². The van der Waals surface area contributed by atoms with Crippen LogP contribution in [0.2, 0.25) is 0 Å². The molecule has 1 N–H and O–H groups in total. The maximum Gasteiger partial charge on any atom is 0.0529 e. The minimum atomic E-state index is -0.100. The molecule has 0 aliphatic carbocycles. The topological polar surface area (TPSA) is 20.2 Å². The summed E-state index contributed by atoms with van der Waals surface area (Å²) in [5.74, 6) is 0. The molecule has 1 heteroatoms. The highest BCUT2D eigenvalue weighted by atomic mass is 16.3. The molecule has 0 radical (unpaired) electrons. The monoisotopic (exact) mass is 254 g/mol. The normalized spacial score (nSPS) is 15.4. The summed E-state index contributed by atoms with van der Waals surface area (Å²) in [6, 6.07) is 0. The van der Waals surface area contributed by atoms with Crippen LogP contribution in [0.3, 0.4) is 0 Å². The van der Waals surface area contributed by atoms with Gasteiger partial charge in [0.1, 0.15) is 0 Å². The highest BCUT2D eigenvalue weighted by molar-refractivity contribution is 5.15. The van der Waals surface area contributed by atoms with Gasteiger partial charge in [-0.25, -0.2) is 0 Å². The Hall–Kier alpha value is -0.300. The highest BCUT2D eigenvalue weighted by Gasteiger charge is 2.42. The van der Waals surface area contributed by atoms with E-state index in [-0.39, 0.29) is 17.4 Å². The minimum Gasteiger partial charge on any atom is -0.395 e. The second-order valence-corrected chi connectivity index (χ2v) is 6.65. The Morgan fingerprint density at radius 3 is 1.94 bits per heavy atom. The summed E-state index contributed by atoms with van der Waals surface area (Å²) in [4.78, 5) is 0. The van der Waals surface area contributed by atoms with Gasteiger partial charge in [0.15, 0.2) is 0 Å². The molecule has 0 rings (SSSR count). The molecule has 1 nitrogen and oxygen atoms in total. The summed E-state index contributed by atoms with van der Waals surface area (Å²) in [5, 5.41) is 10.0. The average Bonchev–Trinajstić information content (AvgIpc) is 2.29. The van der Waals surface area contributed by atoms with Gasteiger partial charge in [-0.05, 0) is 24.7 Å². The van der Waals surface area contributed by atoms with Crippen molar-refractivity contribution in [1.82, 2.24) is 0 Å². The lowest BCUT2D eigenvalue weighted by atomic mass is 9.60. The molecule has 0 heterocycles. The average molecular weight is 254 g/mol. The lowest BCUT2D eigenvalue weighted by Gasteiger charge is -2.46. The number of unbranched alkanes of at least 4 members (excludes halogenated alkanes) is 3. The van der Waals surface area contributed by atoms with Gasteiger partial charge in [0.05, 0.1) is 6.61 Å². The quantitative estimate of drug-likeness (QED) is 0.435. The third kappa shape index (κ3) is 4.42. The molecule has 0 fully saturated rings. The summed E-state index contributed by atoms with van der Waals surface area (Å²) < 4.78 is 0. The van der Waals surface area contributed by atoms with Gasteiger partial charge in [0.25, 0.3) is 0 Å². The van der Waals surface area contributed by atoms with Crippen LogP contribution in [0.25, 0.3) is 0 Å². The summed E-state index contributed by atoms with van der Waals surface area (Å²) in [6.07, 6.45) is 8.19. The van der Waals surface area contributed by atoms with Gasteiger partial charge in [-0.1, -0.05) is 72.5 Å². The number of hydrogen-bond donors (Lipinski definition) is 1. The molecule has 0 aliphatic rings. The number of hydrogen-bond acceptors (Lipinski definition) is 1. The van der Waals surface area contributed by atoms with Crippen molar-refractivity contribution < 1.29 is 5.11 Å². The van der Waals surface area contributed by atoms with Gasteiger partial charge >= 0.3 is 0 Å². The summed E-state index contributed by atoms with van der Waals surface area (Å²) in [7, 11) is 0. The SMILES string of the molecule is C=C(CCCCC)C(CO)(CCCC)C(C)(C)C. The van der Waals surface area contributed by atoms with E-state index in [0.29, 0.717) is 0 Å². The van der Waals surface area contributed by atoms with Crippen molar-refractivity contribution in [3.63, 3.8) is 0 Å². The van der Waals surface area contributed by atoms with E-state index >= 15 is 0 Å². The molecule has 0 aromatic heterocycles. The van der Waals surface area contributed by atoms with Crippen LogP contribution in [-0.4, -0.2) is 11.7 Å². The standard InChI is InChI=1S/C17H34O/c1-7-9-11-12-15(3)17(14-18,13-10-8-2)16(4,5)6/h18H,3,7-14H2,1-2,4-6H3. The first-order chi connectivity index (χ1) is 8.35. The Morgan fingerprint density at radius 2 is 1.56 bits per heavy atom. The van der Waals surface area contributed by atoms with Crippen LogP contribution in [0, 0.1) is 10.8 Å². The predicted molar refractivity (Wildman–Crippen MR) is 81.8 cm³/mol. The fourth-order valence-corrected chi connectivity index (χ4v) is 2.82. The second-order valence-electron chi connectivity index (χ2n) is 6.65. The summed E-state index contributed by atoms with van der Waals surface area (Å²) in [5.41, 5.74) is 1.25. The number of aliphatic hydroxyl groups excluding tert-OH is 1. The Labute approximate surface area is 115 Å². The zero-order valence-corrected chi connectivity index (χ0v) is 13.3. The zero-order valence-electron chi connectivity index (χ0n) is 13.3. The highest BCUT2D eigenvalue weighted by Crippen LogP contribution is 2.49. The second kappa shape index (κ2) is 7.99. The lowest BCUT2D eigenvalue weighted by Crippen LogP contribution is -2.40. The molecule has 0 aromatic carbocycles. The van der Waals surface area contributed by atoms with Crippen molar-refractivity contribution >= 4 is 0 Å². The Balaban J connectivity index is 4.88. The van der Waals surface area contributed by atoms with E-state index < -0.39 is 0 Å². The molecular weight excluding hydrogens is 220 g/mol. The van der Waals surface area contributed by atoms with E-state index in [1.807, 2.05) is 0 Å². The minimum absolute atomic E-state index is 0.0835. The molecule has 0 aromatic rings. The van der Waals surface area contributed by atoms with Crippen LogP contribution in [0.4, 0.5) is 0 Å². The fraction of sp³-hybridized carbons (Fsp3) is 0.882. The zero-order chi connectivity index (χ0) is 14.2. The van der Waals surface area contributed by atoms with Crippen LogP contribution in [-0.2, 0) is 0 Å². The van der Waals surface area contributed by atoms with E-state index in [1.165, 1.54) is 37.7 Å². The first-order valence-electron chi connectivity index (χ1n) is 7.64. The smallest absolute Gasteiger partial charge is 0.0529 e. The number of aliphatic hydroxyl groups is 1. The van der Waals surface area contributed by atoms with E-state index in [0.717, 1.165) is 12.8 Å². The first kappa shape index (κ1) is 17.7. The molecule has 0 saturated carbocycles. The Kier molecular flexibility index (Phi) is 7.86. The van der Waals surface area contributed by atoms with Gasteiger partial charge in [0.2, 0.25) is 0 Å². The van der Waals surface area contributed by atoms with Crippen LogP contribution >= 0.6 is 0 Å². The van der Waals surface area contributed by atoms with E-state index in [9.17, 15) is 5.11 Å². The summed E-state index contributed by atoms with van der Waals surface area (Å²) >= 11 is 0. The van der Waals surface area contributed by atoms with Crippen molar-refractivity contribution in [1.29, 1.82) is 0 Å². The molecule has 1 atom stereocenters. The maximum absolute atomic E-state index is 10.0. The molecule has 1 unspecified atom stereocenters. The van der Waals surface area contributed by atoms with Crippen LogP contribution in [0.5, 0.6) is 0 Å². The Bertz CT molecular complexity index is 236. The van der Waals surface area contributed by atoms with Gasteiger partial charge in [-0.15, -0.1) is 0 Å². The van der Waals surface area contributed by atoms with Crippen molar-refractivity contribution in [2.75, 3.05) is 6.61 Å². The third-order valence-electron chi connectivity index (χ3n) is 4.42. The van der Waals surface area contributed by atoms with E-state index in [4.69, 9.17) is 0 Å². The first-order valence-corrected chi connectivity index (χ1v) is 7.64. The molecule has 0 amide bonds. The van der Waals surface area contributed by atoms with Crippen LogP contribution in [0.1, 0.15) is 79.6 Å². The van der Waals surface area contributed by atoms with Gasteiger partial charge in [0, 0.05) is 5.41 Å². The summed E-state index contributed by atoms with van der Waals surface area (Å²) in [6.45, 7) is 15.7. The van der Waals surface area contributed by atoms with Crippen molar-refractivity contribution in [2.24, 2.45) is 10.8 Å². The van der Waals surface area contributed by atoms with E-state index in [2.05, 4.69) is 41.2 Å². The molecule has 108 valence electrons. The predicted octanol–water partition coefficient (Wildman–Crippen LogP) is 5.34. The molecule has 0 bridgehead atoms. The molecule has 0 spiro atoms. The molecular formula is C17H34O. The fourth-order valence-electron chi connectivity index (χ4n) is 2.82. The van der Waals surface area contributed by atoms with Crippen molar-refractivity contribution in [3.8, 4) is 0 Å². The third-order valence-corrected chi connectivity index (χ3v) is 4.42. The maximum atomic E-state index is 10.0. The lowest BCUT2D eigenvalue weighted by molar-refractivity contribution is 0.0362. The van der Waals surface area contributed by atoms with E-state index in [1.54, 1.807) is 0 Å².